The third-order valence-corrected chi connectivity index (χ3v) is 4.61. The molecule has 0 bridgehead atoms. The standard InChI is InChI=1S/C17H23N3O/c18-13-15-1-3-16(4-2-15)14-19-7-5-17(6-8-19)20-9-11-21-12-10-20/h1-4,17H,5-12,14H2. The van der Waals surface area contributed by atoms with E-state index in [1.54, 1.807) is 0 Å². The van der Waals surface area contributed by atoms with Crippen molar-refractivity contribution in [3.63, 3.8) is 0 Å². The van der Waals surface area contributed by atoms with Gasteiger partial charge in [0.1, 0.15) is 0 Å². The van der Waals surface area contributed by atoms with Gasteiger partial charge in [0.15, 0.2) is 0 Å². The first-order valence-electron chi connectivity index (χ1n) is 7.88. The fraction of sp³-hybridized carbons (Fsp3) is 0.588. The predicted molar refractivity (Wildman–Crippen MR) is 81.8 cm³/mol. The minimum atomic E-state index is 0.741. The van der Waals surface area contributed by atoms with Gasteiger partial charge in [-0.1, -0.05) is 12.1 Å². The lowest BCUT2D eigenvalue weighted by molar-refractivity contribution is 0.000231. The van der Waals surface area contributed by atoms with Gasteiger partial charge in [0.05, 0.1) is 24.8 Å². The van der Waals surface area contributed by atoms with Gasteiger partial charge in [0.25, 0.3) is 0 Å². The van der Waals surface area contributed by atoms with Crippen molar-refractivity contribution in [2.45, 2.75) is 25.4 Å². The van der Waals surface area contributed by atoms with Gasteiger partial charge >= 0.3 is 0 Å². The number of hydrogen-bond acceptors (Lipinski definition) is 4. The van der Waals surface area contributed by atoms with E-state index in [0.717, 1.165) is 44.5 Å². The molecule has 2 aliphatic rings. The number of nitriles is 1. The Morgan fingerprint density at radius 2 is 1.71 bits per heavy atom. The molecule has 1 aromatic rings. The molecule has 2 heterocycles. The van der Waals surface area contributed by atoms with Crippen molar-refractivity contribution in [3.8, 4) is 6.07 Å². The summed E-state index contributed by atoms with van der Waals surface area (Å²) in [6.07, 6.45) is 2.52. The van der Waals surface area contributed by atoms with Crippen molar-refractivity contribution in [2.75, 3.05) is 39.4 Å². The first-order valence-corrected chi connectivity index (χ1v) is 7.88. The normalized spacial score (nSPS) is 22.0. The molecule has 0 radical (unpaired) electrons. The highest BCUT2D eigenvalue weighted by Gasteiger charge is 2.25. The van der Waals surface area contributed by atoms with Crippen molar-refractivity contribution in [1.82, 2.24) is 9.80 Å². The molecular weight excluding hydrogens is 262 g/mol. The van der Waals surface area contributed by atoms with Crippen molar-refractivity contribution in [3.05, 3.63) is 35.4 Å². The molecule has 3 rings (SSSR count). The lowest BCUT2D eigenvalue weighted by atomic mass is 10.0. The Morgan fingerprint density at radius 3 is 2.33 bits per heavy atom. The summed E-state index contributed by atoms with van der Waals surface area (Å²) in [6, 6.07) is 10.9. The van der Waals surface area contributed by atoms with E-state index in [0.29, 0.717) is 0 Å². The Kier molecular flexibility index (Phi) is 4.87. The molecule has 112 valence electrons. The molecular formula is C17H23N3O. The molecule has 4 heteroatoms. The third-order valence-electron chi connectivity index (χ3n) is 4.61. The van der Waals surface area contributed by atoms with Crippen LogP contribution in [0, 0.1) is 11.3 Å². The van der Waals surface area contributed by atoms with Gasteiger partial charge in [-0.15, -0.1) is 0 Å². The number of hydrogen-bond donors (Lipinski definition) is 0. The monoisotopic (exact) mass is 285 g/mol. The summed E-state index contributed by atoms with van der Waals surface area (Å²) >= 11 is 0. The quantitative estimate of drug-likeness (QED) is 0.850. The summed E-state index contributed by atoms with van der Waals surface area (Å²) in [5.74, 6) is 0. The summed E-state index contributed by atoms with van der Waals surface area (Å²) < 4.78 is 5.43. The minimum absolute atomic E-state index is 0.741. The van der Waals surface area contributed by atoms with Crippen LogP contribution in [-0.4, -0.2) is 55.2 Å². The second kappa shape index (κ2) is 7.04. The summed E-state index contributed by atoms with van der Waals surface area (Å²) in [5.41, 5.74) is 2.04. The molecule has 0 saturated carbocycles. The summed E-state index contributed by atoms with van der Waals surface area (Å²) in [7, 11) is 0. The molecule has 0 N–H and O–H groups in total. The highest BCUT2D eigenvalue weighted by molar-refractivity contribution is 5.31. The molecule has 1 aromatic carbocycles. The molecule has 2 saturated heterocycles. The number of nitrogens with zero attached hydrogens (tertiary/aromatic N) is 3. The van der Waals surface area contributed by atoms with Crippen molar-refractivity contribution < 1.29 is 4.74 Å². The zero-order valence-corrected chi connectivity index (χ0v) is 12.5. The van der Waals surface area contributed by atoms with Crippen molar-refractivity contribution in [1.29, 1.82) is 5.26 Å². The summed E-state index contributed by atoms with van der Waals surface area (Å²) in [5, 5.41) is 8.83. The number of morpholine rings is 1. The van der Waals surface area contributed by atoms with Crippen LogP contribution in [0.25, 0.3) is 0 Å². The summed E-state index contributed by atoms with van der Waals surface area (Å²) in [4.78, 5) is 5.13. The molecule has 0 unspecified atom stereocenters. The van der Waals surface area contributed by atoms with Gasteiger partial charge in [0, 0.05) is 25.7 Å². The maximum Gasteiger partial charge on any atom is 0.0991 e. The maximum absolute atomic E-state index is 8.83. The zero-order chi connectivity index (χ0) is 14.5. The van der Waals surface area contributed by atoms with Gasteiger partial charge in [-0.3, -0.25) is 9.80 Å². The van der Waals surface area contributed by atoms with E-state index in [1.807, 2.05) is 12.1 Å². The SMILES string of the molecule is N#Cc1ccc(CN2CCC(N3CCOCC3)CC2)cc1. The Balaban J connectivity index is 1.47. The molecule has 2 aliphatic heterocycles. The fourth-order valence-electron chi connectivity index (χ4n) is 3.33. The number of ether oxygens (including phenoxy) is 1. The van der Waals surface area contributed by atoms with Crippen LogP contribution >= 0.6 is 0 Å². The van der Waals surface area contributed by atoms with Gasteiger partial charge in [-0.05, 0) is 43.6 Å². The van der Waals surface area contributed by atoms with Crippen LogP contribution in [0.5, 0.6) is 0 Å². The number of benzene rings is 1. The van der Waals surface area contributed by atoms with E-state index in [-0.39, 0.29) is 0 Å². The van der Waals surface area contributed by atoms with Crippen LogP contribution in [0.15, 0.2) is 24.3 Å². The molecule has 0 aromatic heterocycles. The molecule has 2 fully saturated rings. The lowest BCUT2D eigenvalue weighted by Crippen LogP contribution is -2.48. The molecule has 4 nitrogen and oxygen atoms in total. The molecule has 0 amide bonds. The smallest absolute Gasteiger partial charge is 0.0991 e. The highest BCUT2D eigenvalue weighted by Crippen LogP contribution is 2.19. The average molecular weight is 285 g/mol. The fourth-order valence-corrected chi connectivity index (χ4v) is 3.33. The van der Waals surface area contributed by atoms with Crippen LogP contribution in [0.3, 0.4) is 0 Å². The second-order valence-corrected chi connectivity index (χ2v) is 5.96. The van der Waals surface area contributed by atoms with Crippen LogP contribution in [0.2, 0.25) is 0 Å². The van der Waals surface area contributed by atoms with Gasteiger partial charge < -0.3 is 4.74 Å². The number of rotatable bonds is 3. The first-order chi connectivity index (χ1) is 10.3. The van der Waals surface area contributed by atoms with Crippen molar-refractivity contribution >= 4 is 0 Å². The van der Waals surface area contributed by atoms with E-state index in [4.69, 9.17) is 10.00 Å². The average Bonchev–Trinajstić information content (AvgIpc) is 2.57. The highest BCUT2D eigenvalue weighted by atomic mass is 16.5. The van der Waals surface area contributed by atoms with E-state index in [9.17, 15) is 0 Å². The van der Waals surface area contributed by atoms with E-state index >= 15 is 0 Å². The van der Waals surface area contributed by atoms with E-state index in [1.165, 1.54) is 31.5 Å². The maximum atomic E-state index is 8.83. The zero-order valence-electron chi connectivity index (χ0n) is 12.5. The number of piperidine rings is 1. The van der Waals surface area contributed by atoms with Crippen molar-refractivity contribution in [2.24, 2.45) is 0 Å². The number of likely N-dealkylation sites (tertiary alicyclic amines) is 1. The van der Waals surface area contributed by atoms with E-state index in [2.05, 4.69) is 28.0 Å². The van der Waals surface area contributed by atoms with Crippen LogP contribution in [0.1, 0.15) is 24.0 Å². The summed E-state index contributed by atoms with van der Waals surface area (Å²) in [6.45, 7) is 7.32. The molecule has 0 atom stereocenters. The molecule has 0 aliphatic carbocycles. The first kappa shape index (κ1) is 14.5. The predicted octanol–water partition coefficient (Wildman–Crippen LogP) is 1.85. The lowest BCUT2D eigenvalue weighted by Gasteiger charge is -2.40. The van der Waals surface area contributed by atoms with Crippen LogP contribution < -0.4 is 0 Å². The van der Waals surface area contributed by atoms with E-state index < -0.39 is 0 Å². The Labute approximate surface area is 126 Å². The molecule has 0 spiro atoms. The van der Waals surface area contributed by atoms with Gasteiger partial charge in [-0.2, -0.15) is 5.26 Å². The second-order valence-electron chi connectivity index (χ2n) is 5.96. The van der Waals surface area contributed by atoms with Crippen LogP contribution in [-0.2, 0) is 11.3 Å². The van der Waals surface area contributed by atoms with Gasteiger partial charge in [-0.25, -0.2) is 0 Å². The Morgan fingerprint density at radius 1 is 1.05 bits per heavy atom. The van der Waals surface area contributed by atoms with Gasteiger partial charge in [0.2, 0.25) is 0 Å². The Bertz CT molecular complexity index is 480. The Hall–Kier alpha value is -1.41. The topological polar surface area (TPSA) is 39.5 Å². The third kappa shape index (κ3) is 3.82. The molecule has 21 heavy (non-hydrogen) atoms. The largest absolute Gasteiger partial charge is 0.379 e. The minimum Gasteiger partial charge on any atom is -0.379 e. The van der Waals surface area contributed by atoms with Crippen LogP contribution in [0.4, 0.5) is 0 Å².